The highest BCUT2D eigenvalue weighted by Gasteiger charge is 2.37. The van der Waals surface area contributed by atoms with E-state index in [1.807, 2.05) is 61.1 Å². The summed E-state index contributed by atoms with van der Waals surface area (Å²) in [5.74, 6) is 0.285. The maximum atomic E-state index is 13.3. The molecule has 2 saturated heterocycles. The zero-order chi connectivity index (χ0) is 29.6. The first-order valence-corrected chi connectivity index (χ1v) is 15.3. The number of piperazine rings is 1. The fourth-order valence-corrected chi connectivity index (χ4v) is 6.88. The molecule has 5 aromatic rings. The van der Waals surface area contributed by atoms with E-state index in [4.69, 9.17) is 0 Å². The monoisotopic (exact) mass is 582 g/mol. The zero-order valence-electron chi connectivity index (χ0n) is 24.6. The lowest BCUT2D eigenvalue weighted by Gasteiger charge is -2.40. The molecule has 2 aromatic carbocycles. The Morgan fingerprint density at radius 2 is 1.73 bits per heavy atom. The van der Waals surface area contributed by atoms with Crippen molar-refractivity contribution in [1.29, 1.82) is 0 Å². The second-order valence-electron chi connectivity index (χ2n) is 12.1. The summed E-state index contributed by atoms with van der Waals surface area (Å²) in [4.78, 5) is 31.8. The van der Waals surface area contributed by atoms with Gasteiger partial charge in [-0.25, -0.2) is 4.98 Å². The first kappa shape index (κ1) is 26.6. The van der Waals surface area contributed by atoms with E-state index in [1.165, 1.54) is 24.1 Å². The third-order valence-corrected chi connectivity index (χ3v) is 9.41. The first-order valence-electron chi connectivity index (χ1n) is 15.3. The largest absolute Gasteiger partial charge is 0.368 e. The summed E-state index contributed by atoms with van der Waals surface area (Å²) in [5.41, 5.74) is 8.76. The van der Waals surface area contributed by atoms with Crippen molar-refractivity contribution < 1.29 is 4.79 Å². The standard InChI is InChI=1S/C35H34N8O/c1-42-27-7-8-28(42)21-43(20-27)26-9-10-31-29(16-26)32(12-14-37-31)39-25-4-2-3-22(15-25)35(44)41-34-17-33-24(19-38-34)6-5-23-18-36-13-11-30(23)40-33/h2-4,9-19,27-28,40H,5-8,20-21H2,1H3,(H,37,39)(H,38,41,44)/t27-,28+. The van der Waals surface area contributed by atoms with Gasteiger partial charge in [0.2, 0.25) is 0 Å². The van der Waals surface area contributed by atoms with Crippen LogP contribution in [0.4, 0.5) is 34.3 Å². The Bertz CT molecular complexity index is 1880. The molecule has 8 rings (SSSR count). The summed E-state index contributed by atoms with van der Waals surface area (Å²) in [6, 6.07) is 21.2. The average molecular weight is 583 g/mol. The number of likely N-dealkylation sites (N-methyl/N-ethyl adjacent to an activating group) is 1. The number of nitrogens with one attached hydrogen (secondary N) is 3. The van der Waals surface area contributed by atoms with Crippen LogP contribution in [0.2, 0.25) is 0 Å². The van der Waals surface area contributed by atoms with Crippen molar-refractivity contribution in [3.05, 3.63) is 102 Å². The van der Waals surface area contributed by atoms with Gasteiger partial charge in [0.15, 0.2) is 0 Å². The quantitative estimate of drug-likeness (QED) is 0.227. The second kappa shape index (κ2) is 10.9. The minimum absolute atomic E-state index is 0.217. The minimum Gasteiger partial charge on any atom is -0.368 e. The molecule has 0 spiro atoms. The Kier molecular flexibility index (Phi) is 6.60. The Hall–Kier alpha value is -5.02. The van der Waals surface area contributed by atoms with Gasteiger partial charge in [0.05, 0.1) is 5.52 Å². The number of benzene rings is 2. The number of rotatable bonds is 5. The molecule has 44 heavy (non-hydrogen) atoms. The minimum atomic E-state index is -0.217. The van der Waals surface area contributed by atoms with Crippen molar-refractivity contribution in [1.82, 2.24) is 19.9 Å². The van der Waals surface area contributed by atoms with Crippen LogP contribution in [-0.2, 0) is 12.8 Å². The van der Waals surface area contributed by atoms with Crippen molar-refractivity contribution in [3.8, 4) is 0 Å². The zero-order valence-corrected chi connectivity index (χ0v) is 24.6. The molecule has 9 nitrogen and oxygen atoms in total. The molecule has 9 heteroatoms. The molecular formula is C35H34N8O. The molecular weight excluding hydrogens is 548 g/mol. The molecule has 3 N–H and O–H groups in total. The van der Waals surface area contributed by atoms with Crippen molar-refractivity contribution in [2.75, 3.05) is 41.0 Å². The van der Waals surface area contributed by atoms with Crippen LogP contribution in [0.1, 0.15) is 34.3 Å². The summed E-state index contributed by atoms with van der Waals surface area (Å²) in [7, 11) is 2.26. The highest BCUT2D eigenvalue weighted by molar-refractivity contribution is 6.05. The molecule has 1 amide bonds. The predicted octanol–water partition coefficient (Wildman–Crippen LogP) is 6.15. The number of hydrogen-bond acceptors (Lipinski definition) is 8. The summed E-state index contributed by atoms with van der Waals surface area (Å²) in [5, 5.41) is 11.1. The summed E-state index contributed by atoms with van der Waals surface area (Å²) in [6.45, 7) is 2.11. The van der Waals surface area contributed by atoms with Crippen molar-refractivity contribution in [2.45, 2.75) is 37.8 Å². The summed E-state index contributed by atoms with van der Waals surface area (Å²) < 4.78 is 0. The predicted molar refractivity (Wildman–Crippen MR) is 175 cm³/mol. The average Bonchev–Trinajstić information content (AvgIpc) is 3.20. The highest BCUT2D eigenvalue weighted by Crippen LogP contribution is 2.35. The number of fused-ring (bicyclic) bond motifs is 5. The van der Waals surface area contributed by atoms with Crippen LogP contribution in [0.25, 0.3) is 10.9 Å². The molecule has 0 aliphatic carbocycles. The van der Waals surface area contributed by atoms with Crippen molar-refractivity contribution >= 4 is 51.1 Å². The van der Waals surface area contributed by atoms with Gasteiger partial charge < -0.3 is 20.9 Å². The van der Waals surface area contributed by atoms with Crippen LogP contribution in [0.3, 0.4) is 0 Å². The van der Waals surface area contributed by atoms with Gasteiger partial charge in [-0.3, -0.25) is 19.7 Å². The van der Waals surface area contributed by atoms with E-state index in [0.717, 1.165) is 65.1 Å². The normalized spacial score (nSPS) is 19.1. The SMILES string of the molecule is CN1[C@@H]2CC[C@H]1CN(c1ccc3nccc(Nc4cccc(C(=O)Nc5cc6c(cn5)CCc5cnccc5N6)c4)c3c1)C2. The molecule has 0 saturated carbocycles. The lowest BCUT2D eigenvalue weighted by Crippen LogP contribution is -2.52. The number of amides is 1. The molecule has 2 atom stereocenters. The molecule has 3 aliphatic heterocycles. The van der Waals surface area contributed by atoms with Crippen LogP contribution < -0.4 is 20.9 Å². The Balaban J connectivity index is 1.01. The third kappa shape index (κ3) is 4.99. The molecule has 2 bridgehead atoms. The van der Waals surface area contributed by atoms with E-state index in [-0.39, 0.29) is 5.91 Å². The maximum Gasteiger partial charge on any atom is 0.256 e. The van der Waals surface area contributed by atoms with Crippen LogP contribution in [0, 0.1) is 0 Å². The molecule has 220 valence electrons. The summed E-state index contributed by atoms with van der Waals surface area (Å²) >= 11 is 0. The van der Waals surface area contributed by atoms with Gasteiger partial charge >= 0.3 is 0 Å². The van der Waals surface area contributed by atoms with E-state index in [2.05, 4.69) is 65.9 Å². The van der Waals surface area contributed by atoms with Crippen LogP contribution in [0.5, 0.6) is 0 Å². The number of anilines is 6. The second-order valence-corrected chi connectivity index (χ2v) is 12.1. The van der Waals surface area contributed by atoms with Crippen LogP contribution >= 0.6 is 0 Å². The summed E-state index contributed by atoms with van der Waals surface area (Å²) in [6.07, 6.45) is 11.6. The van der Waals surface area contributed by atoms with Crippen molar-refractivity contribution in [3.63, 3.8) is 0 Å². The number of hydrogen-bond donors (Lipinski definition) is 3. The van der Waals surface area contributed by atoms with E-state index in [9.17, 15) is 4.79 Å². The van der Waals surface area contributed by atoms with Gasteiger partial charge in [-0.1, -0.05) is 6.07 Å². The smallest absolute Gasteiger partial charge is 0.256 e. The van der Waals surface area contributed by atoms with Gasteiger partial charge in [-0.15, -0.1) is 0 Å². The maximum absolute atomic E-state index is 13.3. The topological polar surface area (TPSA) is 98.3 Å². The fraction of sp³-hybridized carbons (Fsp3) is 0.257. The van der Waals surface area contributed by atoms with Gasteiger partial charge in [0.25, 0.3) is 5.91 Å². The third-order valence-electron chi connectivity index (χ3n) is 9.41. The number of pyridine rings is 3. The molecule has 3 aliphatic rings. The lowest BCUT2D eigenvalue weighted by atomic mass is 10.1. The number of nitrogens with zero attached hydrogens (tertiary/aromatic N) is 5. The number of carbonyl (C=O) groups is 1. The molecule has 0 unspecified atom stereocenters. The van der Waals surface area contributed by atoms with E-state index < -0.39 is 0 Å². The Labute approximate surface area is 256 Å². The van der Waals surface area contributed by atoms with Gasteiger partial charge in [0.1, 0.15) is 5.82 Å². The number of carbonyl (C=O) groups excluding carboxylic acids is 1. The van der Waals surface area contributed by atoms with E-state index in [0.29, 0.717) is 23.5 Å². The Morgan fingerprint density at radius 1 is 0.886 bits per heavy atom. The first-order chi connectivity index (χ1) is 21.6. The molecule has 6 heterocycles. The molecule has 0 radical (unpaired) electrons. The van der Waals surface area contributed by atoms with E-state index >= 15 is 0 Å². The van der Waals surface area contributed by atoms with Gasteiger partial charge in [0, 0.05) is 95.4 Å². The lowest BCUT2D eigenvalue weighted by molar-refractivity contribution is 0.102. The highest BCUT2D eigenvalue weighted by atomic mass is 16.1. The van der Waals surface area contributed by atoms with E-state index in [1.54, 1.807) is 6.20 Å². The van der Waals surface area contributed by atoms with Crippen LogP contribution in [-0.4, -0.2) is 58.0 Å². The Morgan fingerprint density at radius 3 is 2.59 bits per heavy atom. The van der Waals surface area contributed by atoms with Crippen LogP contribution in [0.15, 0.2) is 85.5 Å². The fourth-order valence-electron chi connectivity index (χ4n) is 6.88. The van der Waals surface area contributed by atoms with Gasteiger partial charge in [-0.05, 0) is 92.4 Å². The van der Waals surface area contributed by atoms with Gasteiger partial charge in [-0.2, -0.15) is 0 Å². The van der Waals surface area contributed by atoms with Crippen molar-refractivity contribution in [2.24, 2.45) is 0 Å². The molecule has 2 fully saturated rings. The number of aromatic nitrogens is 3. The number of aryl methyl sites for hydroxylation is 2. The molecule has 3 aromatic heterocycles.